The zero-order valence-corrected chi connectivity index (χ0v) is 19.6. The van der Waals surface area contributed by atoms with E-state index in [1.54, 1.807) is 0 Å². The molecule has 2 aromatic carbocycles. The smallest absolute Gasteiger partial charge is 0.134 e. The Labute approximate surface area is 189 Å². The van der Waals surface area contributed by atoms with Crippen molar-refractivity contribution in [2.75, 3.05) is 0 Å². The van der Waals surface area contributed by atoms with Crippen molar-refractivity contribution >= 4 is 10.8 Å². The molecule has 2 aliphatic rings. The number of hydrogen-bond acceptors (Lipinski definition) is 0. The molecule has 4 unspecified atom stereocenters. The standard InChI is InChI=1S/C30H41F/c1-3-5-7-8-9-22-11-12-25-20-26(15-14-24(25)19-22)27-17-18-29-28(21-27)16-13-23(30(29)31)10-6-4-2/h4,13,16-18,21-22,24-26H,2-3,5-12,14-15,19-20H2,1H3. The van der Waals surface area contributed by atoms with Gasteiger partial charge in [-0.1, -0.05) is 81.9 Å². The van der Waals surface area contributed by atoms with Crippen molar-refractivity contribution in [1.82, 2.24) is 0 Å². The third-order valence-electron chi connectivity index (χ3n) is 8.33. The molecule has 2 aliphatic carbocycles. The van der Waals surface area contributed by atoms with Gasteiger partial charge < -0.3 is 0 Å². The second kappa shape index (κ2) is 10.8. The topological polar surface area (TPSA) is 0 Å². The average Bonchev–Trinajstić information content (AvgIpc) is 2.81. The van der Waals surface area contributed by atoms with Gasteiger partial charge in [-0.3, -0.25) is 0 Å². The van der Waals surface area contributed by atoms with Crippen molar-refractivity contribution < 1.29 is 4.39 Å². The van der Waals surface area contributed by atoms with Crippen LogP contribution in [0, 0.1) is 23.6 Å². The van der Waals surface area contributed by atoms with Crippen LogP contribution >= 0.6 is 0 Å². The fourth-order valence-corrected chi connectivity index (χ4v) is 6.47. The predicted molar refractivity (Wildman–Crippen MR) is 132 cm³/mol. The summed E-state index contributed by atoms with van der Waals surface area (Å²) in [6, 6.07) is 10.6. The SMILES string of the molecule is C=CCCc1ccc2cc(C3CCC4CC(CCCCCC)CCC4C3)ccc2c1F. The number of rotatable bonds is 9. The molecule has 2 fully saturated rings. The lowest BCUT2D eigenvalue weighted by atomic mass is 9.63. The highest BCUT2D eigenvalue weighted by molar-refractivity contribution is 5.84. The Kier molecular flexibility index (Phi) is 7.86. The molecular weight excluding hydrogens is 379 g/mol. The van der Waals surface area contributed by atoms with Crippen molar-refractivity contribution in [2.24, 2.45) is 17.8 Å². The Morgan fingerprint density at radius 2 is 1.81 bits per heavy atom. The highest BCUT2D eigenvalue weighted by Crippen LogP contribution is 2.48. The molecule has 0 N–H and O–H groups in total. The van der Waals surface area contributed by atoms with Crippen LogP contribution in [0.2, 0.25) is 0 Å². The van der Waals surface area contributed by atoms with Crippen LogP contribution in [-0.4, -0.2) is 0 Å². The van der Waals surface area contributed by atoms with Crippen molar-refractivity contribution in [2.45, 2.75) is 96.3 Å². The molecule has 2 saturated carbocycles. The first-order valence-corrected chi connectivity index (χ1v) is 13.0. The van der Waals surface area contributed by atoms with E-state index in [1.807, 2.05) is 18.2 Å². The molecule has 0 bridgehead atoms. The lowest BCUT2D eigenvalue weighted by molar-refractivity contribution is 0.113. The Balaban J connectivity index is 1.37. The minimum atomic E-state index is -0.0353. The summed E-state index contributed by atoms with van der Waals surface area (Å²) in [4.78, 5) is 0. The average molecular weight is 421 g/mol. The van der Waals surface area contributed by atoms with Gasteiger partial charge in [-0.05, 0) is 85.1 Å². The summed E-state index contributed by atoms with van der Waals surface area (Å²) in [5, 5.41) is 1.85. The molecule has 0 amide bonds. The summed E-state index contributed by atoms with van der Waals surface area (Å²) < 4.78 is 14.9. The fraction of sp³-hybridized carbons (Fsp3) is 0.600. The molecule has 0 aromatic heterocycles. The zero-order chi connectivity index (χ0) is 21.6. The zero-order valence-electron chi connectivity index (χ0n) is 19.6. The van der Waals surface area contributed by atoms with Gasteiger partial charge in [-0.15, -0.1) is 6.58 Å². The van der Waals surface area contributed by atoms with Gasteiger partial charge in [0, 0.05) is 5.39 Å². The maximum absolute atomic E-state index is 14.9. The van der Waals surface area contributed by atoms with Crippen LogP contribution in [-0.2, 0) is 6.42 Å². The highest BCUT2D eigenvalue weighted by Gasteiger charge is 2.35. The molecule has 0 spiro atoms. The predicted octanol–water partition coefficient (Wildman–Crippen LogP) is 9.37. The fourth-order valence-electron chi connectivity index (χ4n) is 6.47. The molecule has 0 radical (unpaired) electrons. The van der Waals surface area contributed by atoms with E-state index in [1.165, 1.54) is 76.2 Å². The summed E-state index contributed by atoms with van der Waals surface area (Å²) >= 11 is 0. The Bertz CT molecular complexity index is 866. The van der Waals surface area contributed by atoms with Crippen LogP contribution in [0.1, 0.15) is 101 Å². The molecule has 0 aliphatic heterocycles. The van der Waals surface area contributed by atoms with Gasteiger partial charge in [0.15, 0.2) is 0 Å². The maximum atomic E-state index is 14.9. The van der Waals surface area contributed by atoms with Crippen molar-refractivity contribution in [3.8, 4) is 0 Å². The summed E-state index contributed by atoms with van der Waals surface area (Å²) in [7, 11) is 0. The number of unbranched alkanes of at least 4 members (excludes halogenated alkanes) is 3. The largest absolute Gasteiger partial charge is 0.206 e. The van der Waals surface area contributed by atoms with Gasteiger partial charge in [-0.25, -0.2) is 4.39 Å². The van der Waals surface area contributed by atoms with Gasteiger partial charge in [-0.2, -0.15) is 0 Å². The summed E-state index contributed by atoms with van der Waals surface area (Å²) in [6.45, 7) is 6.06. The molecule has 2 aromatic rings. The molecule has 0 nitrogen and oxygen atoms in total. The third kappa shape index (κ3) is 5.41. The Hall–Kier alpha value is -1.63. The van der Waals surface area contributed by atoms with Crippen molar-refractivity contribution in [3.05, 3.63) is 59.9 Å². The third-order valence-corrected chi connectivity index (χ3v) is 8.33. The first-order chi connectivity index (χ1) is 15.2. The van der Waals surface area contributed by atoms with Gasteiger partial charge in [0.2, 0.25) is 0 Å². The van der Waals surface area contributed by atoms with E-state index >= 15 is 0 Å². The second-order valence-electron chi connectivity index (χ2n) is 10.4. The van der Waals surface area contributed by atoms with Gasteiger partial charge >= 0.3 is 0 Å². The molecule has 0 heterocycles. The van der Waals surface area contributed by atoms with E-state index in [0.29, 0.717) is 5.92 Å². The Morgan fingerprint density at radius 1 is 0.968 bits per heavy atom. The number of halogens is 1. The molecule has 0 saturated heterocycles. The molecular formula is C30H41F. The van der Waals surface area contributed by atoms with E-state index in [0.717, 1.165) is 46.9 Å². The van der Waals surface area contributed by atoms with Gasteiger partial charge in [0.25, 0.3) is 0 Å². The summed E-state index contributed by atoms with van der Waals surface area (Å²) in [5.74, 6) is 3.50. The number of hydrogen-bond donors (Lipinski definition) is 0. The minimum Gasteiger partial charge on any atom is -0.206 e. The van der Waals surface area contributed by atoms with Gasteiger partial charge in [0.05, 0.1) is 0 Å². The molecule has 168 valence electrons. The van der Waals surface area contributed by atoms with Crippen molar-refractivity contribution in [3.63, 3.8) is 0 Å². The quantitative estimate of drug-likeness (QED) is 0.280. The van der Waals surface area contributed by atoms with Crippen LogP contribution in [0.15, 0.2) is 43.0 Å². The van der Waals surface area contributed by atoms with Crippen LogP contribution < -0.4 is 0 Å². The minimum absolute atomic E-state index is 0.0353. The highest BCUT2D eigenvalue weighted by atomic mass is 19.1. The second-order valence-corrected chi connectivity index (χ2v) is 10.4. The monoisotopic (exact) mass is 420 g/mol. The molecule has 1 heteroatoms. The molecule has 4 rings (SSSR count). The lowest BCUT2D eigenvalue weighted by Crippen LogP contribution is -2.30. The number of benzene rings is 2. The normalized spacial score (nSPS) is 26.0. The lowest BCUT2D eigenvalue weighted by Gasteiger charge is -2.42. The summed E-state index contributed by atoms with van der Waals surface area (Å²) in [6.07, 6.45) is 19.0. The maximum Gasteiger partial charge on any atom is 0.134 e. The first kappa shape index (κ1) is 22.6. The molecule has 31 heavy (non-hydrogen) atoms. The van der Waals surface area contributed by atoms with Crippen molar-refractivity contribution in [1.29, 1.82) is 0 Å². The van der Waals surface area contributed by atoms with Crippen LogP contribution in [0.4, 0.5) is 4.39 Å². The first-order valence-electron chi connectivity index (χ1n) is 13.0. The van der Waals surface area contributed by atoms with Crippen LogP contribution in [0.5, 0.6) is 0 Å². The summed E-state index contributed by atoms with van der Waals surface area (Å²) in [5.41, 5.74) is 2.25. The number of aryl methyl sites for hydroxylation is 1. The van der Waals surface area contributed by atoms with E-state index in [4.69, 9.17) is 0 Å². The van der Waals surface area contributed by atoms with E-state index in [-0.39, 0.29) is 5.82 Å². The Morgan fingerprint density at radius 3 is 2.65 bits per heavy atom. The van der Waals surface area contributed by atoms with Crippen LogP contribution in [0.25, 0.3) is 10.8 Å². The van der Waals surface area contributed by atoms with Gasteiger partial charge in [0.1, 0.15) is 5.82 Å². The van der Waals surface area contributed by atoms with Crippen LogP contribution in [0.3, 0.4) is 0 Å². The van der Waals surface area contributed by atoms with E-state index in [2.05, 4.69) is 31.7 Å². The van der Waals surface area contributed by atoms with E-state index < -0.39 is 0 Å². The molecule has 4 atom stereocenters. The number of allylic oxidation sites excluding steroid dienone is 1. The van der Waals surface area contributed by atoms with E-state index in [9.17, 15) is 4.39 Å². The number of fused-ring (bicyclic) bond motifs is 2.